The van der Waals surface area contributed by atoms with Gasteiger partial charge in [-0.05, 0) is 50.1 Å². The van der Waals surface area contributed by atoms with Crippen molar-refractivity contribution in [1.29, 1.82) is 5.26 Å². The zero-order chi connectivity index (χ0) is 18.2. The lowest BCUT2D eigenvalue weighted by atomic mass is 10.1. The lowest BCUT2D eigenvalue weighted by Crippen LogP contribution is -2.12. The first-order valence-corrected chi connectivity index (χ1v) is 8.09. The molecule has 0 heterocycles. The van der Waals surface area contributed by atoms with E-state index in [1.54, 1.807) is 26.0 Å². The Hall–Kier alpha value is -3.06. The molecule has 0 N–H and O–H groups in total. The Balaban J connectivity index is 2.01. The fraction of sp³-hybridized carbons (Fsp3) is 0.238. The van der Waals surface area contributed by atoms with Gasteiger partial charge in [-0.1, -0.05) is 42.0 Å². The normalized spacial score (nSPS) is 11.1. The molecule has 0 unspecified atom stereocenters. The summed E-state index contributed by atoms with van der Waals surface area (Å²) in [6.07, 6.45) is 1.25. The van der Waals surface area contributed by atoms with E-state index in [1.807, 2.05) is 49.4 Å². The number of rotatable bonds is 6. The second kappa shape index (κ2) is 8.70. The molecule has 0 aliphatic carbocycles. The number of hydrogen-bond acceptors (Lipinski definition) is 4. The highest BCUT2D eigenvalue weighted by molar-refractivity contribution is 5.97. The van der Waals surface area contributed by atoms with Crippen LogP contribution < -0.4 is 4.74 Å². The predicted molar refractivity (Wildman–Crippen MR) is 96.8 cm³/mol. The second-order valence-electron chi connectivity index (χ2n) is 5.97. The molecule has 25 heavy (non-hydrogen) atoms. The molecule has 0 radical (unpaired) electrons. The molecule has 0 bridgehead atoms. The van der Waals surface area contributed by atoms with E-state index < -0.39 is 5.97 Å². The Kier molecular flexibility index (Phi) is 6.36. The van der Waals surface area contributed by atoms with Gasteiger partial charge in [-0.25, -0.2) is 4.79 Å². The van der Waals surface area contributed by atoms with Crippen LogP contribution in [0.5, 0.6) is 5.75 Å². The lowest BCUT2D eigenvalue weighted by molar-refractivity contribution is -0.142. The van der Waals surface area contributed by atoms with Crippen LogP contribution in [0.15, 0.2) is 54.1 Å². The first-order valence-electron chi connectivity index (χ1n) is 8.09. The third kappa shape index (κ3) is 5.82. The van der Waals surface area contributed by atoms with Gasteiger partial charge in [-0.3, -0.25) is 0 Å². The number of aryl methyl sites for hydroxylation is 1. The van der Waals surface area contributed by atoms with E-state index >= 15 is 0 Å². The zero-order valence-electron chi connectivity index (χ0n) is 14.7. The van der Waals surface area contributed by atoms with Crippen LogP contribution in [-0.2, 0) is 16.1 Å². The summed E-state index contributed by atoms with van der Waals surface area (Å²) in [5, 5.41) is 9.11. The standard InChI is InChI=1S/C21H21NO3/c1-15(2)25-21(23)19(13-22)12-17-8-10-20(11-9-17)24-14-18-6-4-16(3)5-7-18/h4-12,15H,14H2,1-3H3/b19-12+. The molecule has 0 saturated carbocycles. The van der Waals surface area contributed by atoms with Crippen LogP contribution in [0.25, 0.3) is 6.08 Å². The molecule has 0 spiro atoms. The van der Waals surface area contributed by atoms with Crippen molar-refractivity contribution in [3.8, 4) is 11.8 Å². The molecule has 0 atom stereocenters. The summed E-state index contributed by atoms with van der Waals surface area (Å²) in [5.41, 5.74) is 3.02. The van der Waals surface area contributed by atoms with Crippen molar-refractivity contribution >= 4 is 12.0 Å². The number of benzene rings is 2. The summed E-state index contributed by atoms with van der Waals surface area (Å²) in [4.78, 5) is 11.8. The minimum Gasteiger partial charge on any atom is -0.489 e. The number of nitriles is 1. The number of carbonyl (C=O) groups excluding carboxylic acids is 1. The van der Waals surface area contributed by atoms with Gasteiger partial charge in [-0.15, -0.1) is 0 Å². The van der Waals surface area contributed by atoms with Crippen molar-refractivity contribution in [2.24, 2.45) is 0 Å². The molecular formula is C21H21NO3. The summed E-state index contributed by atoms with van der Waals surface area (Å²) >= 11 is 0. The van der Waals surface area contributed by atoms with Crippen molar-refractivity contribution in [2.75, 3.05) is 0 Å². The fourth-order valence-corrected chi connectivity index (χ4v) is 2.09. The number of esters is 1. The highest BCUT2D eigenvalue weighted by atomic mass is 16.5. The molecule has 0 aliphatic heterocycles. The van der Waals surface area contributed by atoms with Crippen molar-refractivity contribution in [3.05, 3.63) is 70.8 Å². The molecule has 4 heteroatoms. The molecule has 2 aromatic carbocycles. The van der Waals surface area contributed by atoms with E-state index in [-0.39, 0.29) is 11.7 Å². The van der Waals surface area contributed by atoms with Gasteiger partial charge in [0.15, 0.2) is 0 Å². The molecule has 128 valence electrons. The third-order valence-electron chi connectivity index (χ3n) is 3.40. The number of nitrogens with zero attached hydrogens (tertiary/aromatic N) is 1. The largest absolute Gasteiger partial charge is 0.489 e. The maximum absolute atomic E-state index is 11.8. The van der Waals surface area contributed by atoms with Crippen molar-refractivity contribution < 1.29 is 14.3 Å². The second-order valence-corrected chi connectivity index (χ2v) is 5.97. The quantitative estimate of drug-likeness (QED) is 0.445. The monoisotopic (exact) mass is 335 g/mol. The molecule has 4 nitrogen and oxygen atoms in total. The minimum atomic E-state index is -0.614. The van der Waals surface area contributed by atoms with Gasteiger partial charge in [0.1, 0.15) is 24.0 Å². The lowest BCUT2D eigenvalue weighted by Gasteiger charge is -2.08. The molecule has 0 aliphatic rings. The van der Waals surface area contributed by atoms with E-state index in [9.17, 15) is 4.79 Å². The average molecular weight is 335 g/mol. The molecule has 0 saturated heterocycles. The van der Waals surface area contributed by atoms with Gasteiger partial charge in [0.2, 0.25) is 0 Å². The minimum absolute atomic E-state index is 0.0259. The van der Waals surface area contributed by atoms with Crippen molar-refractivity contribution in [3.63, 3.8) is 0 Å². The van der Waals surface area contributed by atoms with Crippen LogP contribution >= 0.6 is 0 Å². The van der Waals surface area contributed by atoms with Crippen molar-refractivity contribution in [2.45, 2.75) is 33.5 Å². The highest BCUT2D eigenvalue weighted by Crippen LogP contribution is 2.17. The van der Waals surface area contributed by atoms with E-state index in [4.69, 9.17) is 14.7 Å². The first-order chi connectivity index (χ1) is 12.0. The SMILES string of the molecule is Cc1ccc(COc2ccc(/C=C(\C#N)C(=O)OC(C)C)cc2)cc1. The predicted octanol–water partition coefficient (Wildman–Crippen LogP) is 4.43. The van der Waals surface area contributed by atoms with Crippen LogP contribution in [0.1, 0.15) is 30.5 Å². The molecule has 0 amide bonds. The summed E-state index contributed by atoms with van der Waals surface area (Å²) in [7, 11) is 0. The summed E-state index contributed by atoms with van der Waals surface area (Å²) in [6, 6.07) is 17.2. The van der Waals surface area contributed by atoms with Crippen LogP contribution in [0, 0.1) is 18.3 Å². The van der Waals surface area contributed by atoms with E-state index in [1.165, 1.54) is 11.6 Å². The van der Waals surface area contributed by atoms with Gasteiger partial charge in [0.25, 0.3) is 0 Å². The average Bonchev–Trinajstić information content (AvgIpc) is 2.59. The van der Waals surface area contributed by atoms with E-state index in [2.05, 4.69) is 0 Å². The molecule has 0 aromatic heterocycles. The summed E-state index contributed by atoms with van der Waals surface area (Å²) in [6.45, 7) is 6.02. The Bertz CT molecular complexity index is 781. The van der Waals surface area contributed by atoms with Crippen LogP contribution in [-0.4, -0.2) is 12.1 Å². The van der Waals surface area contributed by atoms with E-state index in [0.29, 0.717) is 6.61 Å². The van der Waals surface area contributed by atoms with E-state index in [0.717, 1.165) is 16.9 Å². The van der Waals surface area contributed by atoms with Crippen LogP contribution in [0.4, 0.5) is 0 Å². The Labute approximate surface area is 148 Å². The van der Waals surface area contributed by atoms with Crippen molar-refractivity contribution in [1.82, 2.24) is 0 Å². The Morgan fingerprint density at radius 2 is 1.76 bits per heavy atom. The van der Waals surface area contributed by atoms with Crippen LogP contribution in [0.2, 0.25) is 0 Å². The molecule has 0 fully saturated rings. The molecule has 2 aromatic rings. The van der Waals surface area contributed by atoms with Crippen LogP contribution in [0.3, 0.4) is 0 Å². The smallest absolute Gasteiger partial charge is 0.349 e. The molecule has 2 rings (SSSR count). The Morgan fingerprint density at radius 3 is 2.32 bits per heavy atom. The first kappa shape index (κ1) is 18.3. The molecular weight excluding hydrogens is 314 g/mol. The zero-order valence-corrected chi connectivity index (χ0v) is 14.7. The Morgan fingerprint density at radius 1 is 1.12 bits per heavy atom. The van der Waals surface area contributed by atoms with Gasteiger partial charge >= 0.3 is 5.97 Å². The topological polar surface area (TPSA) is 59.3 Å². The number of hydrogen-bond donors (Lipinski definition) is 0. The highest BCUT2D eigenvalue weighted by Gasteiger charge is 2.12. The maximum Gasteiger partial charge on any atom is 0.349 e. The van der Waals surface area contributed by atoms with Gasteiger partial charge in [0.05, 0.1) is 6.10 Å². The summed E-state index contributed by atoms with van der Waals surface area (Å²) in [5.74, 6) is 0.109. The third-order valence-corrected chi connectivity index (χ3v) is 3.40. The van der Waals surface area contributed by atoms with Gasteiger partial charge in [0, 0.05) is 0 Å². The fourth-order valence-electron chi connectivity index (χ4n) is 2.09. The maximum atomic E-state index is 11.8. The van der Waals surface area contributed by atoms with Gasteiger partial charge in [-0.2, -0.15) is 5.26 Å². The van der Waals surface area contributed by atoms with Gasteiger partial charge < -0.3 is 9.47 Å². The summed E-state index contributed by atoms with van der Waals surface area (Å²) < 4.78 is 10.8. The number of carbonyl (C=O) groups is 1. The number of ether oxygens (including phenoxy) is 2.